The van der Waals surface area contributed by atoms with Crippen LogP contribution in [0.4, 0.5) is 11.4 Å². The Bertz CT molecular complexity index is 3110. The van der Waals surface area contributed by atoms with Gasteiger partial charge in [0.05, 0.1) is 16.8 Å². The summed E-state index contributed by atoms with van der Waals surface area (Å²) in [7, 11) is 0. The minimum Gasteiger partial charge on any atom is -0.454 e. The van der Waals surface area contributed by atoms with Gasteiger partial charge in [-0.05, 0) is 86.3 Å². The third kappa shape index (κ3) is 4.53. The quantitative estimate of drug-likeness (QED) is 0.175. The van der Waals surface area contributed by atoms with E-state index in [-0.39, 0.29) is 0 Å². The summed E-state index contributed by atoms with van der Waals surface area (Å²) >= 11 is 0. The highest BCUT2D eigenvalue weighted by Gasteiger charge is 2.54. The highest BCUT2D eigenvalue weighted by atomic mass is 16.3. The monoisotopic (exact) mass is 727 g/mol. The Morgan fingerprint density at radius 1 is 0.491 bits per heavy atom. The van der Waals surface area contributed by atoms with Gasteiger partial charge >= 0.3 is 0 Å². The number of allylic oxidation sites excluding steroid dienone is 3. The predicted octanol–water partition coefficient (Wildman–Crippen LogP) is 14.4. The van der Waals surface area contributed by atoms with Crippen molar-refractivity contribution in [1.82, 2.24) is 0 Å². The maximum atomic E-state index is 6.85. The molecule has 268 valence electrons. The van der Waals surface area contributed by atoms with Crippen molar-refractivity contribution >= 4 is 33.3 Å². The van der Waals surface area contributed by atoms with Gasteiger partial charge in [-0.2, -0.15) is 0 Å². The lowest BCUT2D eigenvalue weighted by Gasteiger charge is -2.36. The summed E-state index contributed by atoms with van der Waals surface area (Å²) < 4.78 is 6.85. The number of hydrogen-bond donors (Lipinski definition) is 0. The summed E-state index contributed by atoms with van der Waals surface area (Å²) in [5.41, 5.74) is 18.8. The van der Waals surface area contributed by atoms with Crippen molar-refractivity contribution in [3.63, 3.8) is 0 Å². The molecule has 0 aliphatic heterocycles. The number of furan rings is 1. The zero-order chi connectivity index (χ0) is 37.5. The highest BCUT2D eigenvalue weighted by Crippen LogP contribution is 2.66. The highest BCUT2D eigenvalue weighted by molar-refractivity contribution is 6.10. The molecule has 2 atom stereocenters. The minimum atomic E-state index is -0.565. The van der Waals surface area contributed by atoms with Crippen LogP contribution in [0.5, 0.6) is 0 Å². The van der Waals surface area contributed by atoms with Crippen molar-refractivity contribution in [1.29, 1.82) is 0 Å². The molecule has 2 unspecified atom stereocenters. The van der Waals surface area contributed by atoms with E-state index in [1.807, 2.05) is 0 Å². The molecule has 0 amide bonds. The molecule has 0 saturated heterocycles. The van der Waals surface area contributed by atoms with Gasteiger partial charge < -0.3 is 9.32 Å². The van der Waals surface area contributed by atoms with Crippen LogP contribution < -0.4 is 4.90 Å². The average Bonchev–Trinajstić information content (AvgIpc) is 3.92. The molecule has 9 aromatic rings. The molecule has 0 fully saturated rings. The molecule has 2 nitrogen and oxygen atoms in total. The molecular weight excluding hydrogens is 691 g/mol. The van der Waals surface area contributed by atoms with Crippen LogP contribution in [-0.4, -0.2) is 0 Å². The molecule has 0 N–H and O–H groups in total. The molecule has 2 heteroatoms. The van der Waals surface area contributed by atoms with Crippen LogP contribution in [0.2, 0.25) is 0 Å². The maximum Gasteiger partial charge on any atom is 0.159 e. The Hall–Kier alpha value is -7.16. The van der Waals surface area contributed by atoms with Gasteiger partial charge in [0, 0.05) is 28.0 Å². The number of benzene rings is 8. The first-order valence-corrected chi connectivity index (χ1v) is 20.0. The van der Waals surface area contributed by atoms with E-state index in [1.54, 1.807) is 0 Å². The normalized spacial score (nSPS) is 17.3. The Kier molecular flexibility index (Phi) is 7.00. The lowest BCUT2D eigenvalue weighted by atomic mass is 9.69. The third-order valence-corrected chi connectivity index (χ3v) is 12.6. The van der Waals surface area contributed by atoms with E-state index in [0.717, 1.165) is 45.4 Å². The average molecular weight is 728 g/mol. The molecule has 1 heterocycles. The van der Waals surface area contributed by atoms with Gasteiger partial charge in [-0.15, -0.1) is 0 Å². The first-order chi connectivity index (χ1) is 28.3. The third-order valence-electron chi connectivity index (χ3n) is 12.6. The van der Waals surface area contributed by atoms with Crippen LogP contribution in [-0.2, 0) is 5.41 Å². The minimum absolute atomic E-state index is 0.306. The van der Waals surface area contributed by atoms with Crippen molar-refractivity contribution in [2.75, 3.05) is 4.90 Å². The second-order valence-corrected chi connectivity index (χ2v) is 15.5. The molecule has 0 saturated carbocycles. The molecule has 3 aliphatic rings. The van der Waals surface area contributed by atoms with Gasteiger partial charge in [0.1, 0.15) is 5.58 Å². The smallest absolute Gasteiger partial charge is 0.159 e. The molecule has 0 bridgehead atoms. The summed E-state index contributed by atoms with van der Waals surface area (Å²) in [6.07, 6.45) is 8.05. The van der Waals surface area contributed by atoms with E-state index in [4.69, 9.17) is 4.42 Å². The SMILES string of the molecule is C1=CC(c2ccccc2)CC=C1N(c1cccc2c1C1(c3ccccc3-2)c2ccccc2-c2c(-c3ccccc3)cccc21)c1cccc2c1oc1ccccc12. The van der Waals surface area contributed by atoms with E-state index < -0.39 is 5.41 Å². The number of hydrogen-bond acceptors (Lipinski definition) is 2. The number of anilines is 2. The predicted molar refractivity (Wildman–Crippen MR) is 235 cm³/mol. The Labute approximate surface area is 332 Å². The van der Waals surface area contributed by atoms with E-state index in [0.29, 0.717) is 5.92 Å². The Morgan fingerprint density at radius 2 is 1.11 bits per heavy atom. The molecule has 1 spiro atoms. The van der Waals surface area contributed by atoms with Crippen LogP contribution in [0.15, 0.2) is 216 Å². The van der Waals surface area contributed by atoms with Gasteiger partial charge in [0.2, 0.25) is 0 Å². The molecule has 12 rings (SSSR count). The van der Waals surface area contributed by atoms with Crippen molar-refractivity contribution in [2.45, 2.75) is 17.8 Å². The standard InChI is InChI=1S/C55H37NO/c1-3-16-36(17-4-1)37-32-34-39(35-33-37)56(50-30-15-25-44-42-21-9-12-31-51(42)57-54(44)50)49-29-14-24-43-41-20-7-10-26-46(41)55(53(43)49)47-27-11-8-22-45(47)52-40(23-13-28-48(52)55)38-18-5-2-6-19-38/h1-32,34-35,37H,33H2. The number of rotatable bonds is 5. The lowest BCUT2D eigenvalue weighted by Crippen LogP contribution is -2.29. The molecule has 0 radical (unpaired) electrons. The largest absolute Gasteiger partial charge is 0.454 e. The Morgan fingerprint density at radius 3 is 1.93 bits per heavy atom. The van der Waals surface area contributed by atoms with E-state index in [2.05, 4.69) is 211 Å². The van der Waals surface area contributed by atoms with Gasteiger partial charge in [-0.1, -0.05) is 182 Å². The van der Waals surface area contributed by atoms with Crippen molar-refractivity contribution in [3.8, 4) is 33.4 Å². The van der Waals surface area contributed by atoms with Crippen LogP contribution in [0.25, 0.3) is 55.3 Å². The van der Waals surface area contributed by atoms with Crippen LogP contribution >= 0.6 is 0 Å². The van der Waals surface area contributed by atoms with E-state index in [9.17, 15) is 0 Å². The molecular formula is C55H37NO. The first kappa shape index (κ1) is 32.1. The number of fused-ring (bicyclic) bond motifs is 13. The second-order valence-electron chi connectivity index (χ2n) is 15.5. The summed E-state index contributed by atoms with van der Waals surface area (Å²) in [6, 6.07) is 68.9. The topological polar surface area (TPSA) is 16.4 Å². The lowest BCUT2D eigenvalue weighted by molar-refractivity contribution is 0.668. The Balaban J connectivity index is 1.17. The molecule has 3 aliphatic carbocycles. The van der Waals surface area contributed by atoms with Gasteiger partial charge in [-0.3, -0.25) is 0 Å². The molecule has 8 aromatic carbocycles. The molecule has 1 aromatic heterocycles. The summed E-state index contributed by atoms with van der Waals surface area (Å²) in [5.74, 6) is 0.306. The summed E-state index contributed by atoms with van der Waals surface area (Å²) in [5, 5.41) is 2.24. The second kappa shape index (κ2) is 12.4. The fourth-order valence-corrected chi connectivity index (χ4v) is 10.3. The van der Waals surface area contributed by atoms with Crippen LogP contribution in [0, 0.1) is 0 Å². The van der Waals surface area contributed by atoms with E-state index >= 15 is 0 Å². The van der Waals surface area contributed by atoms with Gasteiger partial charge in [0.15, 0.2) is 5.58 Å². The van der Waals surface area contributed by atoms with Gasteiger partial charge in [-0.25, -0.2) is 0 Å². The van der Waals surface area contributed by atoms with E-state index in [1.165, 1.54) is 61.2 Å². The summed E-state index contributed by atoms with van der Waals surface area (Å²) in [4.78, 5) is 2.50. The zero-order valence-electron chi connectivity index (χ0n) is 31.3. The zero-order valence-corrected chi connectivity index (χ0v) is 31.3. The maximum absolute atomic E-state index is 6.85. The fraction of sp³-hybridized carbons (Fsp3) is 0.0545. The number of nitrogens with zero attached hydrogens (tertiary/aromatic N) is 1. The van der Waals surface area contributed by atoms with Crippen LogP contribution in [0.1, 0.15) is 40.2 Å². The fourth-order valence-electron chi connectivity index (χ4n) is 10.3. The van der Waals surface area contributed by atoms with Crippen molar-refractivity contribution in [3.05, 3.63) is 240 Å². The van der Waals surface area contributed by atoms with Crippen LogP contribution in [0.3, 0.4) is 0 Å². The summed E-state index contributed by atoms with van der Waals surface area (Å²) in [6.45, 7) is 0. The van der Waals surface area contributed by atoms with Crippen molar-refractivity contribution < 1.29 is 4.42 Å². The molecule has 57 heavy (non-hydrogen) atoms. The van der Waals surface area contributed by atoms with Crippen molar-refractivity contribution in [2.24, 2.45) is 0 Å². The number of para-hydroxylation sites is 2. The van der Waals surface area contributed by atoms with Gasteiger partial charge in [0.25, 0.3) is 0 Å². The first-order valence-electron chi connectivity index (χ1n) is 20.0.